The number of dihydropyridines is 1. The molecule has 1 saturated heterocycles. The second kappa shape index (κ2) is 8.66. The minimum absolute atomic E-state index is 0.119. The van der Waals surface area contributed by atoms with Crippen molar-refractivity contribution < 1.29 is 9.90 Å². The van der Waals surface area contributed by atoms with Crippen LogP contribution in [0.25, 0.3) is 0 Å². The lowest BCUT2D eigenvalue weighted by Gasteiger charge is -2.42. The molecule has 0 spiro atoms. The molecular formula is C23H34N4O2. The van der Waals surface area contributed by atoms with Gasteiger partial charge < -0.3 is 25.1 Å². The molecule has 0 aliphatic carbocycles. The molecule has 4 rings (SSSR count). The Morgan fingerprint density at radius 2 is 1.93 bits per heavy atom. The van der Waals surface area contributed by atoms with Gasteiger partial charge in [0.1, 0.15) is 11.6 Å². The van der Waals surface area contributed by atoms with Crippen molar-refractivity contribution in [1.29, 1.82) is 0 Å². The van der Waals surface area contributed by atoms with Gasteiger partial charge in [-0.3, -0.25) is 4.79 Å². The second-order valence-electron chi connectivity index (χ2n) is 8.50. The van der Waals surface area contributed by atoms with Crippen LogP contribution in [0, 0.1) is 0 Å². The van der Waals surface area contributed by atoms with Crippen molar-refractivity contribution in [3.05, 3.63) is 46.1 Å². The molecule has 2 N–H and O–H groups in total. The number of allylic oxidation sites excluding steroid dienone is 4. The van der Waals surface area contributed by atoms with Crippen LogP contribution in [0.4, 0.5) is 0 Å². The number of hydrogen-bond donors (Lipinski definition) is 2. The number of carbonyl (C=O) groups excluding carboxylic acids is 1. The summed E-state index contributed by atoms with van der Waals surface area (Å²) in [6, 6.07) is 0. The number of likely N-dealkylation sites (N-methyl/N-ethyl adjacent to an activating group) is 1. The minimum atomic E-state index is 0.119. The molecule has 4 heterocycles. The summed E-state index contributed by atoms with van der Waals surface area (Å²) in [5, 5.41) is 13.3. The van der Waals surface area contributed by atoms with Gasteiger partial charge in [0.05, 0.1) is 6.61 Å². The molecule has 158 valence electrons. The van der Waals surface area contributed by atoms with E-state index >= 15 is 0 Å². The molecule has 0 aromatic rings. The van der Waals surface area contributed by atoms with Crippen LogP contribution >= 0.6 is 0 Å². The molecule has 1 amide bonds. The largest absolute Gasteiger partial charge is 0.392 e. The number of rotatable bonds is 4. The molecule has 0 bridgehead atoms. The Labute approximate surface area is 174 Å². The number of piperidine rings is 1. The van der Waals surface area contributed by atoms with E-state index in [1.807, 2.05) is 4.90 Å². The first kappa shape index (κ1) is 20.1. The molecule has 0 aromatic heterocycles. The molecule has 29 heavy (non-hydrogen) atoms. The third kappa shape index (κ3) is 3.95. The highest BCUT2D eigenvalue weighted by molar-refractivity contribution is 5.94. The van der Waals surface area contributed by atoms with Gasteiger partial charge in [0.15, 0.2) is 0 Å². The van der Waals surface area contributed by atoms with Crippen molar-refractivity contribution >= 4 is 5.91 Å². The van der Waals surface area contributed by atoms with Crippen LogP contribution in [0.3, 0.4) is 0 Å². The van der Waals surface area contributed by atoms with Crippen LogP contribution in [0.2, 0.25) is 0 Å². The van der Waals surface area contributed by atoms with Crippen molar-refractivity contribution in [2.45, 2.75) is 45.4 Å². The van der Waals surface area contributed by atoms with Gasteiger partial charge in [0.2, 0.25) is 0 Å². The average molecular weight is 399 g/mol. The quantitative estimate of drug-likeness (QED) is 0.761. The Morgan fingerprint density at radius 1 is 1.14 bits per heavy atom. The van der Waals surface area contributed by atoms with Crippen molar-refractivity contribution in [1.82, 2.24) is 20.0 Å². The van der Waals surface area contributed by atoms with Gasteiger partial charge in [-0.15, -0.1) is 0 Å². The summed E-state index contributed by atoms with van der Waals surface area (Å²) in [4.78, 5) is 19.6. The monoisotopic (exact) mass is 398 g/mol. The molecule has 0 radical (unpaired) electrons. The first-order valence-corrected chi connectivity index (χ1v) is 11.1. The van der Waals surface area contributed by atoms with Gasteiger partial charge in [-0.2, -0.15) is 0 Å². The highest BCUT2D eigenvalue weighted by Crippen LogP contribution is 2.32. The summed E-state index contributed by atoms with van der Waals surface area (Å²) in [5.74, 6) is 2.53. The summed E-state index contributed by atoms with van der Waals surface area (Å²) in [7, 11) is 2.09. The molecular weight excluding hydrogens is 364 g/mol. The van der Waals surface area contributed by atoms with Gasteiger partial charge in [-0.25, -0.2) is 0 Å². The summed E-state index contributed by atoms with van der Waals surface area (Å²) in [6.07, 6.45) is 10.9. The molecule has 6 heteroatoms. The van der Waals surface area contributed by atoms with Crippen molar-refractivity contribution in [2.24, 2.45) is 0 Å². The third-order valence-corrected chi connectivity index (χ3v) is 6.54. The number of carbonyl (C=O) groups is 1. The fraction of sp³-hybridized carbons (Fsp3) is 0.609. The Kier molecular flexibility index (Phi) is 5.99. The number of nitrogens with zero attached hydrogens (tertiary/aromatic N) is 3. The van der Waals surface area contributed by atoms with Crippen LogP contribution < -0.4 is 5.32 Å². The second-order valence-corrected chi connectivity index (χ2v) is 8.50. The Balaban J connectivity index is 1.60. The zero-order chi connectivity index (χ0) is 20.4. The van der Waals surface area contributed by atoms with E-state index < -0.39 is 0 Å². The maximum absolute atomic E-state index is 12.9. The van der Waals surface area contributed by atoms with Gasteiger partial charge in [-0.05, 0) is 67.4 Å². The van der Waals surface area contributed by atoms with E-state index in [9.17, 15) is 9.90 Å². The van der Waals surface area contributed by atoms with Crippen molar-refractivity contribution in [2.75, 3.05) is 46.4 Å². The van der Waals surface area contributed by atoms with E-state index in [-0.39, 0.29) is 12.5 Å². The number of aliphatic hydroxyl groups excluding tert-OH is 1. The van der Waals surface area contributed by atoms with Gasteiger partial charge in [0, 0.05) is 45.3 Å². The van der Waals surface area contributed by atoms with Crippen molar-refractivity contribution in [3.8, 4) is 0 Å². The van der Waals surface area contributed by atoms with Crippen LogP contribution in [-0.4, -0.2) is 72.1 Å². The Hall–Kier alpha value is -2.21. The normalized spacial score (nSPS) is 22.9. The molecule has 6 nitrogen and oxygen atoms in total. The molecule has 4 aliphatic heterocycles. The smallest absolute Gasteiger partial charge is 0.251 e. The first-order valence-electron chi connectivity index (χ1n) is 11.1. The van der Waals surface area contributed by atoms with E-state index in [0.29, 0.717) is 6.54 Å². The lowest BCUT2D eigenvalue weighted by Crippen LogP contribution is -2.46. The van der Waals surface area contributed by atoms with E-state index in [1.54, 1.807) is 0 Å². The topological polar surface area (TPSA) is 59.1 Å². The van der Waals surface area contributed by atoms with Crippen LogP contribution in [0.1, 0.15) is 45.4 Å². The van der Waals surface area contributed by atoms with E-state index in [4.69, 9.17) is 0 Å². The van der Waals surface area contributed by atoms with Crippen LogP contribution in [-0.2, 0) is 4.79 Å². The van der Waals surface area contributed by atoms with E-state index in [0.717, 1.165) is 75.3 Å². The fourth-order valence-electron chi connectivity index (χ4n) is 4.91. The predicted octanol–water partition coefficient (Wildman–Crippen LogP) is 2.32. The summed E-state index contributed by atoms with van der Waals surface area (Å²) in [6.45, 7) is 6.38. The lowest BCUT2D eigenvalue weighted by atomic mass is 9.97. The maximum atomic E-state index is 12.9. The van der Waals surface area contributed by atoms with Crippen LogP contribution in [0.15, 0.2) is 46.1 Å². The number of hydrogen-bond acceptors (Lipinski definition) is 5. The lowest BCUT2D eigenvalue weighted by molar-refractivity contribution is -0.128. The molecule has 4 aliphatic rings. The minimum Gasteiger partial charge on any atom is -0.392 e. The molecule has 0 saturated carbocycles. The van der Waals surface area contributed by atoms with Crippen molar-refractivity contribution in [3.63, 3.8) is 0 Å². The predicted molar refractivity (Wildman–Crippen MR) is 115 cm³/mol. The number of amides is 1. The zero-order valence-electron chi connectivity index (χ0n) is 17.8. The SMILES string of the molecule is CCC1=C(CO)CN(C)C(N2CCCC3=C2NCC(C(=O)N2CCCCC2)=C3)=C1. The van der Waals surface area contributed by atoms with Gasteiger partial charge in [0.25, 0.3) is 5.91 Å². The van der Waals surface area contributed by atoms with Gasteiger partial charge in [-0.1, -0.05) is 6.92 Å². The summed E-state index contributed by atoms with van der Waals surface area (Å²) in [5.41, 5.74) is 4.49. The Bertz CT molecular complexity index is 787. The average Bonchev–Trinajstić information content (AvgIpc) is 2.78. The zero-order valence-corrected chi connectivity index (χ0v) is 17.8. The maximum Gasteiger partial charge on any atom is 0.251 e. The molecule has 0 unspecified atom stereocenters. The number of nitrogens with one attached hydrogen (secondary N) is 1. The van der Waals surface area contributed by atoms with Gasteiger partial charge >= 0.3 is 0 Å². The van der Waals surface area contributed by atoms with Crippen LogP contribution in [0.5, 0.6) is 0 Å². The molecule has 1 fully saturated rings. The summed E-state index contributed by atoms with van der Waals surface area (Å²) >= 11 is 0. The summed E-state index contributed by atoms with van der Waals surface area (Å²) < 4.78 is 0. The van der Waals surface area contributed by atoms with E-state index in [1.165, 1.54) is 23.4 Å². The number of aliphatic hydroxyl groups is 1. The Morgan fingerprint density at radius 3 is 2.66 bits per heavy atom. The van der Waals surface area contributed by atoms with E-state index in [2.05, 4.69) is 41.2 Å². The molecule has 0 aromatic carbocycles. The highest BCUT2D eigenvalue weighted by atomic mass is 16.3. The first-order chi connectivity index (χ1) is 14.1. The third-order valence-electron chi connectivity index (χ3n) is 6.54. The fourth-order valence-corrected chi connectivity index (χ4v) is 4.91. The highest BCUT2D eigenvalue weighted by Gasteiger charge is 2.31. The molecule has 0 atom stereocenters. The standard InChI is InChI=1S/C23H34N4O2/c1-3-17-13-21(25(2)15-20(17)16-28)27-11-7-8-18-12-19(14-24-22(18)27)23(29)26-9-5-4-6-10-26/h12-13,24,28H,3-11,14-16H2,1-2H3. The number of likely N-dealkylation sites (tertiary alicyclic amines) is 1.